The van der Waals surface area contributed by atoms with Gasteiger partial charge in [-0.2, -0.15) is 0 Å². The molecule has 2 N–H and O–H groups in total. The normalized spacial score (nSPS) is 31.4. The maximum Gasteiger partial charge on any atom is 0.222 e. The van der Waals surface area contributed by atoms with Crippen molar-refractivity contribution in [3.05, 3.63) is 29.3 Å². The molecule has 4 nitrogen and oxygen atoms in total. The van der Waals surface area contributed by atoms with Gasteiger partial charge in [0.1, 0.15) is 11.9 Å². The number of carbonyl (C=O) groups is 1. The van der Waals surface area contributed by atoms with Gasteiger partial charge in [0, 0.05) is 25.4 Å². The van der Waals surface area contributed by atoms with E-state index in [-0.39, 0.29) is 28.9 Å². The standard InChI is InChI=1S/C34H54FNO3/c1-4-6-7-8-9-12-19-36(31(39)5-2)20-13-10-11-14-24-21-25-22-26(37)15-16-27(25)33-29(35)23-34(3)28(32(24)33)17-18-30(34)38/h15-16,22,24,28-30,32-33,37-38H,4-14,17-21,23H2,1-3H3/t24-,28?,29+,30+,32?,33?,34+/m1/s1. The van der Waals surface area contributed by atoms with Crippen LogP contribution in [-0.2, 0) is 11.2 Å². The van der Waals surface area contributed by atoms with Crippen LogP contribution >= 0.6 is 0 Å². The number of aromatic hydroxyl groups is 1. The van der Waals surface area contributed by atoms with Crippen molar-refractivity contribution in [3.8, 4) is 5.75 Å². The van der Waals surface area contributed by atoms with Gasteiger partial charge in [0.15, 0.2) is 0 Å². The summed E-state index contributed by atoms with van der Waals surface area (Å²) in [5, 5.41) is 21.0. The Hall–Kier alpha value is -1.62. The topological polar surface area (TPSA) is 60.8 Å². The molecule has 1 aromatic rings. The maximum atomic E-state index is 15.9. The number of amides is 1. The van der Waals surface area contributed by atoms with Gasteiger partial charge in [0.2, 0.25) is 5.91 Å². The number of unbranched alkanes of at least 4 members (excludes halogenated alkanes) is 7. The Morgan fingerprint density at radius 1 is 1.03 bits per heavy atom. The minimum Gasteiger partial charge on any atom is -0.508 e. The first kappa shape index (κ1) is 30.3. The Balaban J connectivity index is 1.35. The molecule has 4 rings (SSSR count). The predicted octanol–water partition coefficient (Wildman–Crippen LogP) is 7.94. The zero-order chi connectivity index (χ0) is 28.0. The van der Waals surface area contributed by atoms with E-state index in [9.17, 15) is 15.0 Å². The number of nitrogens with zero attached hydrogens (tertiary/aromatic N) is 1. The molecular formula is C34H54FNO3. The number of halogens is 1. The smallest absolute Gasteiger partial charge is 0.222 e. The van der Waals surface area contributed by atoms with Crippen LogP contribution in [0.1, 0.15) is 128 Å². The van der Waals surface area contributed by atoms with Gasteiger partial charge < -0.3 is 15.1 Å². The van der Waals surface area contributed by atoms with E-state index in [1.54, 1.807) is 6.07 Å². The average Bonchev–Trinajstić information content (AvgIpc) is 3.21. The highest BCUT2D eigenvalue weighted by Gasteiger charge is 2.59. The quantitative estimate of drug-likeness (QED) is 0.234. The Morgan fingerprint density at radius 2 is 1.72 bits per heavy atom. The predicted molar refractivity (Wildman–Crippen MR) is 157 cm³/mol. The SMILES string of the molecule is CCCCCCCCN(CCCCC[C@@H]1Cc2cc(O)ccc2C2C1C1CC[C@H](O)[C@@]1(C)C[C@@H]2F)C(=O)CC. The van der Waals surface area contributed by atoms with Crippen LogP contribution in [0.2, 0.25) is 0 Å². The molecule has 39 heavy (non-hydrogen) atoms. The molecule has 220 valence electrons. The van der Waals surface area contributed by atoms with Gasteiger partial charge in [-0.1, -0.05) is 71.8 Å². The highest BCUT2D eigenvalue weighted by atomic mass is 19.1. The minimum atomic E-state index is -0.953. The van der Waals surface area contributed by atoms with Gasteiger partial charge in [0.25, 0.3) is 0 Å². The molecule has 0 aromatic heterocycles. The molecule has 2 fully saturated rings. The number of benzene rings is 1. The molecular weight excluding hydrogens is 489 g/mol. The summed E-state index contributed by atoms with van der Waals surface area (Å²) < 4.78 is 15.9. The molecule has 1 aromatic carbocycles. The fraction of sp³-hybridized carbons (Fsp3) is 0.794. The average molecular weight is 544 g/mol. The molecule has 5 heteroatoms. The summed E-state index contributed by atoms with van der Waals surface area (Å²) in [7, 11) is 0. The van der Waals surface area contributed by atoms with E-state index >= 15 is 4.39 Å². The number of aliphatic hydroxyl groups excluding tert-OH is 1. The van der Waals surface area contributed by atoms with E-state index in [0.29, 0.717) is 24.7 Å². The number of fused-ring (bicyclic) bond motifs is 5. The summed E-state index contributed by atoms with van der Waals surface area (Å²) >= 11 is 0. The molecule has 0 heterocycles. The van der Waals surface area contributed by atoms with E-state index in [1.807, 2.05) is 19.1 Å². The number of rotatable bonds is 14. The van der Waals surface area contributed by atoms with Crippen LogP contribution in [0.25, 0.3) is 0 Å². The van der Waals surface area contributed by atoms with Crippen LogP contribution in [0.3, 0.4) is 0 Å². The fourth-order valence-electron chi connectivity index (χ4n) is 8.59. The van der Waals surface area contributed by atoms with Crippen LogP contribution in [0.5, 0.6) is 5.75 Å². The number of hydrogen-bond acceptors (Lipinski definition) is 3. The van der Waals surface area contributed by atoms with Crippen LogP contribution in [0.4, 0.5) is 4.39 Å². The lowest BCUT2D eigenvalue weighted by Crippen LogP contribution is -2.51. The van der Waals surface area contributed by atoms with Crippen LogP contribution in [0.15, 0.2) is 18.2 Å². The van der Waals surface area contributed by atoms with Crippen molar-refractivity contribution in [2.24, 2.45) is 23.2 Å². The second-order valence-corrected chi connectivity index (χ2v) is 13.2. The number of aliphatic hydroxyl groups is 1. The Labute approximate surface area is 236 Å². The van der Waals surface area contributed by atoms with E-state index in [1.165, 1.54) is 32.1 Å². The third-order valence-electron chi connectivity index (χ3n) is 10.7. The summed E-state index contributed by atoms with van der Waals surface area (Å²) in [6, 6.07) is 5.54. The molecule has 1 amide bonds. The fourth-order valence-corrected chi connectivity index (χ4v) is 8.59. The molecule has 7 atom stereocenters. The highest BCUT2D eigenvalue weighted by Crippen LogP contribution is 2.63. The van der Waals surface area contributed by atoms with E-state index < -0.39 is 12.3 Å². The van der Waals surface area contributed by atoms with Gasteiger partial charge in [0.05, 0.1) is 6.10 Å². The first-order valence-corrected chi connectivity index (χ1v) is 16.2. The second-order valence-electron chi connectivity index (χ2n) is 13.2. The lowest BCUT2D eigenvalue weighted by molar-refractivity contribution is -0.131. The third-order valence-corrected chi connectivity index (χ3v) is 10.7. The van der Waals surface area contributed by atoms with Crippen LogP contribution in [-0.4, -0.2) is 46.4 Å². The molecule has 0 spiro atoms. The molecule has 3 aliphatic rings. The van der Waals surface area contributed by atoms with E-state index in [0.717, 1.165) is 75.6 Å². The van der Waals surface area contributed by atoms with Gasteiger partial charge in [-0.15, -0.1) is 0 Å². The molecule has 0 aliphatic heterocycles. The molecule has 0 saturated heterocycles. The molecule has 2 saturated carbocycles. The Bertz CT molecular complexity index is 937. The van der Waals surface area contributed by atoms with Crippen molar-refractivity contribution in [2.75, 3.05) is 13.1 Å². The van der Waals surface area contributed by atoms with Crippen molar-refractivity contribution in [3.63, 3.8) is 0 Å². The zero-order valence-corrected chi connectivity index (χ0v) is 24.8. The minimum absolute atomic E-state index is 0.127. The van der Waals surface area contributed by atoms with Crippen molar-refractivity contribution >= 4 is 5.91 Å². The number of hydrogen-bond donors (Lipinski definition) is 2. The molecule has 0 bridgehead atoms. The number of phenolic OH excluding ortho intramolecular Hbond substituents is 1. The monoisotopic (exact) mass is 543 g/mol. The zero-order valence-electron chi connectivity index (χ0n) is 24.8. The molecule has 3 aliphatic carbocycles. The van der Waals surface area contributed by atoms with Gasteiger partial charge >= 0.3 is 0 Å². The summed E-state index contributed by atoms with van der Waals surface area (Å²) in [4.78, 5) is 14.6. The first-order chi connectivity index (χ1) is 18.8. The second kappa shape index (κ2) is 13.8. The third kappa shape index (κ3) is 6.82. The van der Waals surface area contributed by atoms with Gasteiger partial charge in [-0.25, -0.2) is 4.39 Å². The van der Waals surface area contributed by atoms with Crippen molar-refractivity contribution in [2.45, 2.75) is 135 Å². The number of carbonyl (C=O) groups excluding carboxylic acids is 1. The van der Waals surface area contributed by atoms with E-state index in [2.05, 4.69) is 18.7 Å². The van der Waals surface area contributed by atoms with Crippen LogP contribution in [0, 0.1) is 23.2 Å². The van der Waals surface area contributed by atoms with Gasteiger partial charge in [-0.05, 0) is 91.4 Å². The Kier molecular flexibility index (Phi) is 10.8. The number of alkyl halides is 1. The summed E-state index contributed by atoms with van der Waals surface area (Å²) in [5.41, 5.74) is 1.88. The number of phenols is 1. The maximum absolute atomic E-state index is 15.9. The van der Waals surface area contributed by atoms with Crippen molar-refractivity contribution in [1.82, 2.24) is 4.90 Å². The first-order valence-electron chi connectivity index (χ1n) is 16.2. The lowest BCUT2D eigenvalue weighted by atomic mass is 9.51. The van der Waals surface area contributed by atoms with E-state index in [4.69, 9.17) is 0 Å². The Morgan fingerprint density at radius 3 is 2.44 bits per heavy atom. The van der Waals surface area contributed by atoms with Crippen LogP contribution < -0.4 is 0 Å². The van der Waals surface area contributed by atoms with Gasteiger partial charge in [-0.3, -0.25) is 4.79 Å². The molecule has 0 radical (unpaired) electrons. The van der Waals surface area contributed by atoms with Crippen molar-refractivity contribution in [1.29, 1.82) is 0 Å². The summed E-state index contributed by atoms with van der Waals surface area (Å²) in [6.07, 6.45) is 14.0. The largest absolute Gasteiger partial charge is 0.508 e. The lowest BCUT2D eigenvalue weighted by Gasteiger charge is -2.54. The summed E-state index contributed by atoms with van der Waals surface area (Å²) in [6.45, 7) is 8.05. The summed E-state index contributed by atoms with van der Waals surface area (Å²) in [5.74, 6) is 1.38. The van der Waals surface area contributed by atoms with Crippen molar-refractivity contribution < 1.29 is 19.4 Å². The molecule has 3 unspecified atom stereocenters. The highest BCUT2D eigenvalue weighted by molar-refractivity contribution is 5.75.